The lowest BCUT2D eigenvalue weighted by molar-refractivity contribution is -0.126. The SMILES string of the molecule is CC(C)NC(=O)C1CCN(C(=O)c2cccc(NC(=O)NC3CC3)c2)CC1. The normalized spacial score (nSPS) is 17.5. The topological polar surface area (TPSA) is 90.5 Å². The maximum atomic E-state index is 12.8. The number of hydrogen-bond donors (Lipinski definition) is 3. The van der Waals surface area contributed by atoms with Gasteiger partial charge in [-0.15, -0.1) is 0 Å². The number of nitrogens with zero attached hydrogens (tertiary/aromatic N) is 1. The van der Waals surface area contributed by atoms with Crippen LogP contribution in [0.15, 0.2) is 24.3 Å². The van der Waals surface area contributed by atoms with Crippen molar-refractivity contribution in [1.29, 1.82) is 0 Å². The van der Waals surface area contributed by atoms with Crippen molar-refractivity contribution in [2.45, 2.75) is 51.6 Å². The molecule has 1 heterocycles. The highest BCUT2D eigenvalue weighted by molar-refractivity contribution is 5.97. The monoisotopic (exact) mass is 372 g/mol. The molecule has 0 atom stereocenters. The zero-order valence-corrected chi connectivity index (χ0v) is 16.0. The molecule has 2 aliphatic rings. The Labute approximate surface area is 159 Å². The molecule has 0 radical (unpaired) electrons. The minimum Gasteiger partial charge on any atom is -0.354 e. The van der Waals surface area contributed by atoms with E-state index in [-0.39, 0.29) is 35.8 Å². The summed E-state index contributed by atoms with van der Waals surface area (Å²) in [6, 6.07) is 7.16. The van der Waals surface area contributed by atoms with Gasteiger partial charge < -0.3 is 20.9 Å². The Morgan fingerprint density at radius 1 is 1.07 bits per heavy atom. The van der Waals surface area contributed by atoms with Crippen LogP contribution < -0.4 is 16.0 Å². The van der Waals surface area contributed by atoms with Crippen molar-refractivity contribution in [2.24, 2.45) is 5.92 Å². The van der Waals surface area contributed by atoms with Crippen LogP contribution >= 0.6 is 0 Å². The molecule has 1 saturated heterocycles. The summed E-state index contributed by atoms with van der Waals surface area (Å²) < 4.78 is 0. The van der Waals surface area contributed by atoms with Crippen LogP contribution in [0.1, 0.15) is 49.9 Å². The molecule has 1 aliphatic carbocycles. The standard InChI is InChI=1S/C20H28N4O3/c1-13(2)21-18(25)14-8-10-24(11-9-14)19(26)15-4-3-5-17(12-15)23-20(27)22-16-6-7-16/h3-5,12-14,16H,6-11H2,1-2H3,(H,21,25)(H2,22,23,27). The number of rotatable bonds is 5. The molecule has 1 aromatic carbocycles. The van der Waals surface area contributed by atoms with Crippen LogP contribution in [0.3, 0.4) is 0 Å². The number of amides is 4. The van der Waals surface area contributed by atoms with Gasteiger partial charge in [-0.25, -0.2) is 4.79 Å². The van der Waals surface area contributed by atoms with Crippen molar-refractivity contribution >= 4 is 23.5 Å². The zero-order chi connectivity index (χ0) is 19.4. The maximum absolute atomic E-state index is 12.8. The van der Waals surface area contributed by atoms with Gasteiger partial charge in [0.1, 0.15) is 0 Å². The Bertz CT molecular complexity index is 707. The lowest BCUT2D eigenvalue weighted by Gasteiger charge is -2.31. The van der Waals surface area contributed by atoms with Crippen LogP contribution in [0.4, 0.5) is 10.5 Å². The van der Waals surface area contributed by atoms with E-state index in [1.165, 1.54) is 0 Å². The Balaban J connectivity index is 1.54. The third-order valence-corrected chi connectivity index (χ3v) is 4.86. The van der Waals surface area contributed by atoms with E-state index in [9.17, 15) is 14.4 Å². The van der Waals surface area contributed by atoms with Gasteiger partial charge in [0.15, 0.2) is 0 Å². The summed E-state index contributed by atoms with van der Waals surface area (Å²) in [5, 5.41) is 8.58. The van der Waals surface area contributed by atoms with E-state index >= 15 is 0 Å². The molecule has 146 valence electrons. The molecule has 2 fully saturated rings. The summed E-state index contributed by atoms with van der Waals surface area (Å²) >= 11 is 0. The molecule has 3 N–H and O–H groups in total. The van der Waals surface area contributed by atoms with Gasteiger partial charge >= 0.3 is 6.03 Å². The van der Waals surface area contributed by atoms with E-state index in [4.69, 9.17) is 0 Å². The van der Waals surface area contributed by atoms with E-state index in [0.29, 0.717) is 37.2 Å². The van der Waals surface area contributed by atoms with Gasteiger partial charge in [-0.1, -0.05) is 6.07 Å². The first-order valence-electron chi connectivity index (χ1n) is 9.69. The molecule has 27 heavy (non-hydrogen) atoms. The molecule has 0 bridgehead atoms. The first kappa shape index (κ1) is 19.2. The Hall–Kier alpha value is -2.57. The van der Waals surface area contributed by atoms with Crippen LogP contribution in [-0.4, -0.2) is 47.9 Å². The second-order valence-corrected chi connectivity index (χ2v) is 7.68. The number of carbonyl (C=O) groups is 3. The number of anilines is 1. The molecule has 0 unspecified atom stereocenters. The summed E-state index contributed by atoms with van der Waals surface area (Å²) in [4.78, 5) is 38.5. The van der Waals surface area contributed by atoms with Gasteiger partial charge in [-0.2, -0.15) is 0 Å². The first-order chi connectivity index (χ1) is 12.9. The summed E-state index contributed by atoms with van der Waals surface area (Å²) in [5.74, 6) is -0.0236. The van der Waals surface area contributed by atoms with E-state index in [2.05, 4.69) is 16.0 Å². The molecule has 1 saturated carbocycles. The molecule has 0 aromatic heterocycles. The van der Waals surface area contributed by atoms with Crippen LogP contribution in [0.25, 0.3) is 0 Å². The van der Waals surface area contributed by atoms with Crippen LogP contribution in [0, 0.1) is 5.92 Å². The van der Waals surface area contributed by atoms with Gasteiger partial charge in [0, 0.05) is 42.3 Å². The zero-order valence-electron chi connectivity index (χ0n) is 16.0. The van der Waals surface area contributed by atoms with Crippen LogP contribution in [-0.2, 0) is 4.79 Å². The van der Waals surface area contributed by atoms with Gasteiger partial charge in [-0.3, -0.25) is 9.59 Å². The number of carbonyl (C=O) groups excluding carboxylic acids is 3. The molecule has 1 aliphatic heterocycles. The fraction of sp³-hybridized carbons (Fsp3) is 0.550. The average Bonchev–Trinajstić information content (AvgIpc) is 3.44. The second kappa shape index (κ2) is 8.41. The quantitative estimate of drug-likeness (QED) is 0.741. The highest BCUT2D eigenvalue weighted by atomic mass is 16.2. The lowest BCUT2D eigenvalue weighted by Crippen LogP contribution is -2.44. The number of urea groups is 1. The Morgan fingerprint density at radius 2 is 1.78 bits per heavy atom. The minimum atomic E-state index is -0.237. The third-order valence-electron chi connectivity index (χ3n) is 4.86. The number of hydrogen-bond acceptors (Lipinski definition) is 3. The molecule has 7 heteroatoms. The van der Waals surface area contributed by atoms with Gasteiger partial charge in [0.05, 0.1) is 0 Å². The molecule has 7 nitrogen and oxygen atoms in total. The molecule has 4 amide bonds. The van der Waals surface area contributed by atoms with Crippen molar-refractivity contribution in [3.63, 3.8) is 0 Å². The summed E-state index contributed by atoms with van der Waals surface area (Å²) in [5.41, 5.74) is 1.15. The van der Waals surface area contributed by atoms with Gasteiger partial charge in [0.2, 0.25) is 5.91 Å². The summed E-state index contributed by atoms with van der Waals surface area (Å²) in [7, 11) is 0. The predicted octanol–water partition coefficient (Wildman–Crippen LogP) is 2.35. The third kappa shape index (κ3) is 5.45. The first-order valence-corrected chi connectivity index (χ1v) is 9.69. The Kier molecular flexibility index (Phi) is 5.98. The fourth-order valence-electron chi connectivity index (χ4n) is 3.24. The van der Waals surface area contributed by atoms with E-state index in [1.807, 2.05) is 13.8 Å². The molecule has 0 spiro atoms. The largest absolute Gasteiger partial charge is 0.354 e. The number of benzene rings is 1. The fourth-order valence-corrected chi connectivity index (χ4v) is 3.24. The van der Waals surface area contributed by atoms with Crippen molar-refractivity contribution in [1.82, 2.24) is 15.5 Å². The van der Waals surface area contributed by atoms with Gasteiger partial charge in [-0.05, 0) is 57.7 Å². The maximum Gasteiger partial charge on any atom is 0.319 e. The van der Waals surface area contributed by atoms with Crippen molar-refractivity contribution in [2.75, 3.05) is 18.4 Å². The van der Waals surface area contributed by atoms with Crippen molar-refractivity contribution in [3.8, 4) is 0 Å². The lowest BCUT2D eigenvalue weighted by atomic mass is 9.95. The molecule has 3 rings (SSSR count). The molecular weight excluding hydrogens is 344 g/mol. The van der Waals surface area contributed by atoms with Crippen molar-refractivity contribution < 1.29 is 14.4 Å². The number of likely N-dealkylation sites (tertiary alicyclic amines) is 1. The number of nitrogens with one attached hydrogen (secondary N) is 3. The average molecular weight is 372 g/mol. The molecule has 1 aromatic rings. The second-order valence-electron chi connectivity index (χ2n) is 7.68. The van der Waals surface area contributed by atoms with E-state index in [1.54, 1.807) is 29.2 Å². The Morgan fingerprint density at radius 3 is 2.41 bits per heavy atom. The minimum absolute atomic E-state index is 0.0319. The highest BCUT2D eigenvalue weighted by Crippen LogP contribution is 2.21. The van der Waals surface area contributed by atoms with Crippen LogP contribution in [0.2, 0.25) is 0 Å². The smallest absolute Gasteiger partial charge is 0.319 e. The summed E-state index contributed by atoms with van der Waals surface area (Å²) in [6.07, 6.45) is 3.40. The molecular formula is C20H28N4O3. The number of piperidine rings is 1. The summed E-state index contributed by atoms with van der Waals surface area (Å²) in [6.45, 7) is 5.02. The van der Waals surface area contributed by atoms with Crippen LogP contribution in [0.5, 0.6) is 0 Å². The van der Waals surface area contributed by atoms with E-state index in [0.717, 1.165) is 12.8 Å². The van der Waals surface area contributed by atoms with Crippen molar-refractivity contribution in [3.05, 3.63) is 29.8 Å². The van der Waals surface area contributed by atoms with Gasteiger partial charge in [0.25, 0.3) is 5.91 Å². The highest BCUT2D eigenvalue weighted by Gasteiger charge is 2.28. The predicted molar refractivity (Wildman–Crippen MR) is 104 cm³/mol. The van der Waals surface area contributed by atoms with E-state index < -0.39 is 0 Å².